The summed E-state index contributed by atoms with van der Waals surface area (Å²) in [5, 5.41) is 0. The summed E-state index contributed by atoms with van der Waals surface area (Å²) in [5.41, 5.74) is 0. The van der Waals surface area contributed by atoms with Gasteiger partial charge in [0.25, 0.3) is 11.8 Å². The zero-order chi connectivity index (χ0) is 14.9. The van der Waals surface area contributed by atoms with Gasteiger partial charge in [0.1, 0.15) is 24.4 Å². The fraction of sp³-hybridized carbons (Fsp3) is 0.692. The number of methoxy groups -OCH3 is 4. The van der Waals surface area contributed by atoms with Crippen molar-refractivity contribution in [2.24, 2.45) is 0 Å². The second-order valence-corrected chi connectivity index (χ2v) is 4.67. The van der Waals surface area contributed by atoms with E-state index in [0.717, 1.165) is 4.90 Å². The summed E-state index contributed by atoms with van der Waals surface area (Å²) in [6.07, 6.45) is 0.598. The maximum absolute atomic E-state index is 11.9. The summed E-state index contributed by atoms with van der Waals surface area (Å²) in [6, 6.07) is -0.588. The van der Waals surface area contributed by atoms with Crippen LogP contribution in [0.25, 0.3) is 0 Å². The molecule has 1 aliphatic heterocycles. The molecule has 1 heterocycles. The van der Waals surface area contributed by atoms with Crippen LogP contribution < -0.4 is 0 Å². The summed E-state index contributed by atoms with van der Waals surface area (Å²) >= 11 is 0. The van der Waals surface area contributed by atoms with Crippen LogP contribution in [0.5, 0.6) is 0 Å². The average Bonchev–Trinajstić information content (AvgIpc) is 2.94. The number of hydrogen-bond acceptors (Lipinski definition) is 6. The van der Waals surface area contributed by atoms with Gasteiger partial charge >= 0.3 is 0 Å². The van der Waals surface area contributed by atoms with E-state index in [-0.39, 0.29) is 11.8 Å². The lowest BCUT2D eigenvalue weighted by atomic mass is 10.1. The number of nitrogens with zero attached hydrogens (tertiary/aromatic N) is 1. The van der Waals surface area contributed by atoms with Crippen LogP contribution in [0.2, 0.25) is 0 Å². The summed E-state index contributed by atoms with van der Waals surface area (Å²) in [6.45, 7) is 0. The Bertz CT molecular complexity index is 387. The quantitative estimate of drug-likeness (QED) is 0.625. The SMILES string of the molecule is COC1C(OC)C(OC)C(N2C(=O)C=CC2=O)C1OC. The van der Waals surface area contributed by atoms with Crippen molar-refractivity contribution in [3.8, 4) is 0 Å². The Morgan fingerprint density at radius 3 is 1.40 bits per heavy atom. The van der Waals surface area contributed by atoms with E-state index in [1.807, 2.05) is 0 Å². The van der Waals surface area contributed by atoms with Gasteiger partial charge < -0.3 is 18.9 Å². The molecule has 20 heavy (non-hydrogen) atoms. The first-order valence-corrected chi connectivity index (χ1v) is 6.27. The normalized spacial score (nSPS) is 37.2. The van der Waals surface area contributed by atoms with Crippen LogP contribution >= 0.6 is 0 Å². The van der Waals surface area contributed by atoms with Crippen molar-refractivity contribution in [1.82, 2.24) is 4.90 Å². The molecule has 1 saturated carbocycles. The zero-order valence-electron chi connectivity index (χ0n) is 11.9. The fourth-order valence-corrected chi connectivity index (χ4v) is 3.03. The van der Waals surface area contributed by atoms with E-state index >= 15 is 0 Å². The van der Waals surface area contributed by atoms with Crippen LogP contribution in [0.4, 0.5) is 0 Å². The molecule has 1 aliphatic carbocycles. The zero-order valence-corrected chi connectivity index (χ0v) is 11.9. The molecule has 0 N–H and O–H groups in total. The van der Waals surface area contributed by atoms with Crippen LogP contribution in [0, 0.1) is 0 Å². The third-order valence-electron chi connectivity index (χ3n) is 3.87. The Morgan fingerprint density at radius 2 is 1.10 bits per heavy atom. The topological polar surface area (TPSA) is 74.3 Å². The van der Waals surface area contributed by atoms with E-state index < -0.39 is 30.5 Å². The maximum atomic E-state index is 11.9. The Morgan fingerprint density at radius 1 is 0.750 bits per heavy atom. The number of hydrogen-bond donors (Lipinski definition) is 0. The number of rotatable bonds is 5. The van der Waals surface area contributed by atoms with Crippen LogP contribution in [0.1, 0.15) is 0 Å². The highest BCUT2D eigenvalue weighted by Crippen LogP contribution is 2.34. The van der Waals surface area contributed by atoms with Crippen molar-refractivity contribution in [3.63, 3.8) is 0 Å². The highest BCUT2D eigenvalue weighted by molar-refractivity contribution is 6.13. The van der Waals surface area contributed by atoms with Crippen molar-refractivity contribution in [2.45, 2.75) is 30.5 Å². The Labute approximate surface area is 117 Å². The van der Waals surface area contributed by atoms with Crippen LogP contribution in [0.3, 0.4) is 0 Å². The number of carbonyl (C=O) groups is 2. The van der Waals surface area contributed by atoms with E-state index in [4.69, 9.17) is 18.9 Å². The van der Waals surface area contributed by atoms with Crippen molar-refractivity contribution in [1.29, 1.82) is 0 Å². The predicted molar refractivity (Wildman–Crippen MR) is 68.0 cm³/mol. The van der Waals surface area contributed by atoms with Crippen molar-refractivity contribution >= 4 is 11.8 Å². The molecule has 0 saturated heterocycles. The third kappa shape index (κ3) is 2.16. The molecule has 0 aromatic heterocycles. The second kappa shape index (κ2) is 6.01. The predicted octanol–water partition coefficient (Wildman–Crippen LogP) is -0.646. The lowest BCUT2D eigenvalue weighted by Gasteiger charge is -2.31. The van der Waals surface area contributed by atoms with Gasteiger partial charge in [-0.15, -0.1) is 0 Å². The van der Waals surface area contributed by atoms with Gasteiger partial charge in [-0.3, -0.25) is 14.5 Å². The van der Waals surface area contributed by atoms with Gasteiger partial charge in [0.05, 0.1) is 6.04 Å². The molecule has 4 atom stereocenters. The van der Waals surface area contributed by atoms with E-state index in [1.165, 1.54) is 40.6 Å². The van der Waals surface area contributed by atoms with Gasteiger partial charge in [-0.25, -0.2) is 0 Å². The minimum Gasteiger partial charge on any atom is -0.376 e. The molecule has 2 aliphatic rings. The lowest BCUT2D eigenvalue weighted by Crippen LogP contribution is -2.52. The number of imide groups is 1. The standard InChI is InChI=1S/C13H19NO6/c1-17-10-9(14-7(15)5-6-8(14)16)11(18-2)13(20-4)12(10)19-3/h5-6,9-13H,1-4H3. The number of ether oxygens (including phenoxy) is 4. The molecule has 7 nitrogen and oxygen atoms in total. The average molecular weight is 285 g/mol. The van der Waals surface area contributed by atoms with Gasteiger partial charge in [-0.05, 0) is 0 Å². The highest BCUT2D eigenvalue weighted by Gasteiger charge is 2.57. The molecular weight excluding hydrogens is 266 g/mol. The Kier molecular flexibility index (Phi) is 4.54. The van der Waals surface area contributed by atoms with Crippen molar-refractivity contribution in [2.75, 3.05) is 28.4 Å². The third-order valence-corrected chi connectivity index (χ3v) is 3.87. The molecule has 7 heteroatoms. The van der Waals surface area contributed by atoms with Gasteiger partial charge in [-0.2, -0.15) is 0 Å². The molecule has 0 aromatic rings. The van der Waals surface area contributed by atoms with Crippen LogP contribution in [-0.4, -0.2) is 75.6 Å². The molecule has 112 valence electrons. The lowest BCUT2D eigenvalue weighted by molar-refractivity contribution is -0.147. The highest BCUT2D eigenvalue weighted by atomic mass is 16.6. The summed E-state index contributed by atoms with van der Waals surface area (Å²) < 4.78 is 21.7. The minimum atomic E-state index is -0.588. The summed E-state index contributed by atoms with van der Waals surface area (Å²) in [4.78, 5) is 25.0. The van der Waals surface area contributed by atoms with Crippen molar-refractivity contribution in [3.05, 3.63) is 12.2 Å². The summed E-state index contributed by atoms with van der Waals surface area (Å²) in [7, 11) is 6.08. The van der Waals surface area contributed by atoms with E-state index in [0.29, 0.717) is 0 Å². The molecule has 0 spiro atoms. The van der Waals surface area contributed by atoms with Gasteiger partial charge in [-0.1, -0.05) is 0 Å². The van der Waals surface area contributed by atoms with E-state index in [2.05, 4.69) is 0 Å². The number of amides is 2. The molecule has 1 fully saturated rings. The minimum absolute atomic E-state index is 0.379. The van der Waals surface area contributed by atoms with Gasteiger partial charge in [0.15, 0.2) is 0 Å². The van der Waals surface area contributed by atoms with E-state index in [1.54, 1.807) is 0 Å². The molecule has 0 aromatic carbocycles. The van der Waals surface area contributed by atoms with E-state index in [9.17, 15) is 9.59 Å². The molecule has 0 radical (unpaired) electrons. The van der Waals surface area contributed by atoms with Crippen LogP contribution in [-0.2, 0) is 28.5 Å². The first kappa shape index (κ1) is 15.1. The smallest absolute Gasteiger partial charge is 0.254 e. The maximum Gasteiger partial charge on any atom is 0.254 e. The first-order chi connectivity index (χ1) is 9.60. The first-order valence-electron chi connectivity index (χ1n) is 6.27. The largest absolute Gasteiger partial charge is 0.376 e. The fourth-order valence-electron chi connectivity index (χ4n) is 3.03. The molecule has 2 rings (SSSR count). The van der Waals surface area contributed by atoms with Gasteiger partial charge in [0, 0.05) is 40.6 Å². The molecule has 2 amide bonds. The van der Waals surface area contributed by atoms with Crippen molar-refractivity contribution < 1.29 is 28.5 Å². The Hall–Kier alpha value is -1.28. The molecule has 4 unspecified atom stereocenters. The van der Waals surface area contributed by atoms with Crippen LogP contribution in [0.15, 0.2) is 12.2 Å². The van der Waals surface area contributed by atoms with Gasteiger partial charge in [0.2, 0.25) is 0 Å². The molecule has 0 bridgehead atoms. The summed E-state index contributed by atoms with van der Waals surface area (Å²) in [5.74, 6) is -0.758. The molecular formula is C13H19NO6. The number of carbonyl (C=O) groups excluding carboxylic acids is 2. The Balaban J connectivity index is 2.37. The monoisotopic (exact) mass is 285 g/mol. The second-order valence-electron chi connectivity index (χ2n) is 4.67.